The summed E-state index contributed by atoms with van der Waals surface area (Å²) in [5.41, 5.74) is 2.49. The van der Waals surface area contributed by atoms with Crippen molar-refractivity contribution < 1.29 is 9.90 Å². The minimum atomic E-state index is -0.762. The smallest absolute Gasteiger partial charge is 0.314 e. The van der Waals surface area contributed by atoms with Gasteiger partial charge >= 0.3 is 5.97 Å². The summed E-state index contributed by atoms with van der Waals surface area (Å²) in [6.07, 6.45) is 6.06. The Morgan fingerprint density at radius 3 is 2.57 bits per heavy atom. The second-order valence-electron chi connectivity index (χ2n) is 5.56. The standard InChI is InChI=1S/C19H18O2/c20-18(21)19(13-6-9-15-7-2-1-3-8-15)14-12-16-10-4-5-11-17(16)19/h1-11H,12-14H2,(H,20,21). The molecular formula is C19H18O2. The van der Waals surface area contributed by atoms with Crippen molar-refractivity contribution in [3.8, 4) is 0 Å². The molecule has 0 heterocycles. The van der Waals surface area contributed by atoms with Gasteiger partial charge < -0.3 is 5.11 Å². The molecule has 0 radical (unpaired) electrons. The van der Waals surface area contributed by atoms with Gasteiger partial charge in [0.25, 0.3) is 0 Å². The Balaban J connectivity index is 1.87. The van der Waals surface area contributed by atoms with Crippen LogP contribution in [0.5, 0.6) is 0 Å². The summed E-state index contributed by atoms with van der Waals surface area (Å²) < 4.78 is 0. The van der Waals surface area contributed by atoms with Gasteiger partial charge in [0.2, 0.25) is 0 Å². The first-order valence-corrected chi connectivity index (χ1v) is 7.26. The van der Waals surface area contributed by atoms with Crippen LogP contribution in [0, 0.1) is 0 Å². The highest BCUT2D eigenvalue weighted by molar-refractivity contribution is 5.83. The Kier molecular flexibility index (Phi) is 3.61. The Labute approximate surface area is 124 Å². The zero-order chi connectivity index (χ0) is 14.7. The lowest BCUT2D eigenvalue weighted by Crippen LogP contribution is -2.32. The van der Waals surface area contributed by atoms with Crippen LogP contribution >= 0.6 is 0 Å². The van der Waals surface area contributed by atoms with Gasteiger partial charge in [-0.05, 0) is 36.0 Å². The van der Waals surface area contributed by atoms with Gasteiger partial charge in [0, 0.05) is 0 Å². The molecule has 2 heteroatoms. The maximum Gasteiger partial charge on any atom is 0.314 e. The van der Waals surface area contributed by atoms with E-state index >= 15 is 0 Å². The summed E-state index contributed by atoms with van der Waals surface area (Å²) in [4.78, 5) is 11.9. The lowest BCUT2D eigenvalue weighted by molar-refractivity contribution is -0.143. The molecule has 2 aromatic carbocycles. The monoisotopic (exact) mass is 278 g/mol. The van der Waals surface area contributed by atoms with Crippen LogP contribution in [0.1, 0.15) is 29.5 Å². The van der Waals surface area contributed by atoms with Crippen LogP contribution in [0.3, 0.4) is 0 Å². The number of carboxylic acids is 1. The Morgan fingerprint density at radius 1 is 1.10 bits per heavy atom. The first-order chi connectivity index (χ1) is 10.2. The Hall–Kier alpha value is -2.35. The molecule has 0 fully saturated rings. The van der Waals surface area contributed by atoms with Crippen molar-refractivity contribution in [2.24, 2.45) is 0 Å². The summed E-state index contributed by atoms with van der Waals surface area (Å²) in [7, 11) is 0. The summed E-state index contributed by atoms with van der Waals surface area (Å²) in [6.45, 7) is 0. The molecule has 0 bridgehead atoms. The van der Waals surface area contributed by atoms with E-state index in [4.69, 9.17) is 0 Å². The van der Waals surface area contributed by atoms with Gasteiger partial charge in [0.1, 0.15) is 0 Å². The van der Waals surface area contributed by atoms with Crippen LogP contribution in [0.15, 0.2) is 60.7 Å². The second kappa shape index (κ2) is 5.57. The third-order valence-corrected chi connectivity index (χ3v) is 4.34. The van der Waals surface area contributed by atoms with Gasteiger partial charge in [-0.25, -0.2) is 0 Å². The predicted molar refractivity (Wildman–Crippen MR) is 84.2 cm³/mol. The fourth-order valence-electron chi connectivity index (χ4n) is 3.17. The van der Waals surface area contributed by atoms with E-state index in [-0.39, 0.29) is 0 Å². The number of aliphatic carboxylic acids is 1. The molecule has 0 aliphatic heterocycles. The molecule has 0 saturated carbocycles. The lowest BCUT2D eigenvalue weighted by Gasteiger charge is -2.24. The van der Waals surface area contributed by atoms with Crippen molar-refractivity contribution in [1.82, 2.24) is 0 Å². The van der Waals surface area contributed by atoms with Gasteiger partial charge in [0.05, 0.1) is 5.41 Å². The molecule has 2 nitrogen and oxygen atoms in total. The SMILES string of the molecule is O=C(O)C1(CC=Cc2ccccc2)CCc2ccccc21. The molecule has 1 aliphatic carbocycles. The number of allylic oxidation sites excluding steroid dienone is 1. The van der Waals surface area contributed by atoms with Crippen molar-refractivity contribution in [2.75, 3.05) is 0 Å². The molecule has 2 aromatic rings. The fourth-order valence-corrected chi connectivity index (χ4v) is 3.17. The number of fused-ring (bicyclic) bond motifs is 1. The molecule has 1 aliphatic rings. The molecule has 0 saturated heterocycles. The van der Waals surface area contributed by atoms with Gasteiger partial charge in [-0.1, -0.05) is 66.7 Å². The number of aryl methyl sites for hydroxylation is 1. The van der Waals surface area contributed by atoms with Crippen LogP contribution in [-0.4, -0.2) is 11.1 Å². The fraction of sp³-hybridized carbons (Fsp3) is 0.211. The third kappa shape index (κ3) is 2.49. The van der Waals surface area contributed by atoms with Crippen LogP contribution in [0.25, 0.3) is 6.08 Å². The number of hydrogen-bond acceptors (Lipinski definition) is 1. The predicted octanol–water partition coefficient (Wildman–Crippen LogP) is 4.06. The van der Waals surface area contributed by atoms with Crippen molar-refractivity contribution in [3.05, 3.63) is 77.4 Å². The van der Waals surface area contributed by atoms with E-state index in [2.05, 4.69) is 0 Å². The molecule has 0 amide bonds. The summed E-state index contributed by atoms with van der Waals surface area (Å²) in [5, 5.41) is 9.77. The van der Waals surface area contributed by atoms with Crippen LogP contribution in [-0.2, 0) is 16.6 Å². The molecule has 1 atom stereocenters. The first kappa shape index (κ1) is 13.6. The Morgan fingerprint density at radius 2 is 1.81 bits per heavy atom. The largest absolute Gasteiger partial charge is 0.481 e. The lowest BCUT2D eigenvalue weighted by atomic mass is 9.78. The average molecular weight is 278 g/mol. The minimum absolute atomic E-state index is 0.536. The van der Waals surface area contributed by atoms with Crippen LogP contribution in [0.4, 0.5) is 0 Å². The van der Waals surface area contributed by atoms with Crippen molar-refractivity contribution in [2.45, 2.75) is 24.7 Å². The summed E-state index contributed by atoms with van der Waals surface area (Å²) in [5.74, 6) is -0.717. The molecule has 0 spiro atoms. The molecule has 106 valence electrons. The molecule has 3 rings (SSSR count). The van der Waals surface area contributed by atoms with E-state index in [9.17, 15) is 9.90 Å². The number of carboxylic acid groups (broad SMARTS) is 1. The van der Waals surface area contributed by atoms with E-state index in [0.29, 0.717) is 12.8 Å². The molecular weight excluding hydrogens is 260 g/mol. The van der Waals surface area contributed by atoms with Crippen LogP contribution in [0.2, 0.25) is 0 Å². The van der Waals surface area contributed by atoms with E-state index < -0.39 is 11.4 Å². The zero-order valence-corrected chi connectivity index (χ0v) is 11.8. The van der Waals surface area contributed by atoms with Crippen molar-refractivity contribution in [1.29, 1.82) is 0 Å². The normalized spacial score (nSPS) is 20.6. The zero-order valence-electron chi connectivity index (χ0n) is 11.8. The maximum atomic E-state index is 11.9. The highest BCUT2D eigenvalue weighted by Crippen LogP contribution is 2.42. The molecule has 0 aromatic heterocycles. The highest BCUT2D eigenvalue weighted by atomic mass is 16.4. The van der Waals surface area contributed by atoms with Gasteiger partial charge in [-0.15, -0.1) is 0 Å². The quantitative estimate of drug-likeness (QED) is 0.915. The minimum Gasteiger partial charge on any atom is -0.481 e. The van der Waals surface area contributed by atoms with Gasteiger partial charge in [-0.3, -0.25) is 4.79 Å². The van der Waals surface area contributed by atoms with Crippen molar-refractivity contribution in [3.63, 3.8) is 0 Å². The van der Waals surface area contributed by atoms with Gasteiger partial charge in [0.15, 0.2) is 0 Å². The number of rotatable bonds is 4. The molecule has 21 heavy (non-hydrogen) atoms. The van der Waals surface area contributed by atoms with Crippen LogP contribution < -0.4 is 0 Å². The first-order valence-electron chi connectivity index (χ1n) is 7.26. The average Bonchev–Trinajstić information content (AvgIpc) is 2.89. The topological polar surface area (TPSA) is 37.3 Å². The summed E-state index contributed by atoms with van der Waals surface area (Å²) in [6, 6.07) is 17.9. The van der Waals surface area contributed by atoms with E-state index in [1.807, 2.05) is 66.7 Å². The molecule has 1 N–H and O–H groups in total. The van der Waals surface area contributed by atoms with E-state index in [1.54, 1.807) is 0 Å². The summed E-state index contributed by atoms with van der Waals surface area (Å²) >= 11 is 0. The number of benzene rings is 2. The maximum absolute atomic E-state index is 11.9. The van der Waals surface area contributed by atoms with Crippen molar-refractivity contribution >= 4 is 12.0 Å². The number of carbonyl (C=O) groups is 1. The number of hydrogen-bond donors (Lipinski definition) is 1. The second-order valence-corrected chi connectivity index (χ2v) is 5.56. The Bertz CT molecular complexity index is 673. The van der Waals surface area contributed by atoms with E-state index in [0.717, 1.165) is 17.5 Å². The van der Waals surface area contributed by atoms with Gasteiger partial charge in [-0.2, -0.15) is 0 Å². The van der Waals surface area contributed by atoms with E-state index in [1.165, 1.54) is 5.56 Å². The highest BCUT2D eigenvalue weighted by Gasteiger charge is 2.44. The third-order valence-electron chi connectivity index (χ3n) is 4.34. The molecule has 1 unspecified atom stereocenters.